The van der Waals surface area contributed by atoms with Crippen LogP contribution in [0.1, 0.15) is 28.6 Å². The Labute approximate surface area is 105 Å². The predicted molar refractivity (Wildman–Crippen MR) is 69.6 cm³/mol. The number of hydrogen-bond donors (Lipinski definition) is 1. The van der Waals surface area contributed by atoms with Crippen LogP contribution < -0.4 is 5.43 Å². The van der Waals surface area contributed by atoms with E-state index in [1.807, 2.05) is 38.1 Å². The molecule has 18 heavy (non-hydrogen) atoms. The molecule has 0 radical (unpaired) electrons. The van der Waals surface area contributed by atoms with Crippen molar-refractivity contribution >= 4 is 11.6 Å². The maximum atomic E-state index is 11.6. The molecule has 2 aromatic rings. The second-order valence-corrected chi connectivity index (χ2v) is 3.98. The summed E-state index contributed by atoms with van der Waals surface area (Å²) in [6.07, 6.45) is 1.45. The molecule has 0 saturated carbocycles. The summed E-state index contributed by atoms with van der Waals surface area (Å²) in [5.74, 6) is -0.109. The van der Waals surface area contributed by atoms with Crippen molar-refractivity contribution in [2.75, 3.05) is 0 Å². The first-order valence-corrected chi connectivity index (χ1v) is 5.62. The zero-order valence-corrected chi connectivity index (χ0v) is 10.3. The molecule has 0 bridgehead atoms. The molecule has 1 heterocycles. The first kappa shape index (κ1) is 12.1. The lowest BCUT2D eigenvalue weighted by molar-refractivity contribution is 0.0927. The van der Waals surface area contributed by atoms with Gasteiger partial charge in [-0.1, -0.05) is 29.8 Å². The van der Waals surface area contributed by atoms with E-state index in [1.54, 1.807) is 12.1 Å². The average Bonchev–Trinajstić information content (AvgIpc) is 2.90. The van der Waals surface area contributed by atoms with E-state index in [1.165, 1.54) is 11.8 Å². The largest absolute Gasteiger partial charge is 0.459 e. The van der Waals surface area contributed by atoms with Crippen molar-refractivity contribution in [3.05, 3.63) is 59.5 Å². The van der Waals surface area contributed by atoms with Gasteiger partial charge in [0.2, 0.25) is 0 Å². The molecule has 1 aromatic heterocycles. The van der Waals surface area contributed by atoms with Crippen LogP contribution in [-0.2, 0) is 0 Å². The van der Waals surface area contributed by atoms with Crippen molar-refractivity contribution in [1.82, 2.24) is 5.43 Å². The summed E-state index contributed by atoms with van der Waals surface area (Å²) >= 11 is 0. The van der Waals surface area contributed by atoms with Gasteiger partial charge in [0, 0.05) is 0 Å². The summed E-state index contributed by atoms with van der Waals surface area (Å²) in [5.41, 5.74) is 5.36. The molecule has 0 unspecified atom stereocenters. The minimum absolute atomic E-state index is 0.246. The monoisotopic (exact) mass is 242 g/mol. The van der Waals surface area contributed by atoms with E-state index < -0.39 is 0 Å². The van der Waals surface area contributed by atoms with E-state index in [-0.39, 0.29) is 11.7 Å². The topological polar surface area (TPSA) is 54.6 Å². The second kappa shape index (κ2) is 5.31. The molecule has 4 heteroatoms. The smallest absolute Gasteiger partial charge is 0.307 e. The van der Waals surface area contributed by atoms with Crippen LogP contribution in [-0.4, -0.2) is 11.6 Å². The summed E-state index contributed by atoms with van der Waals surface area (Å²) in [5, 5.41) is 4.04. The molecule has 0 aliphatic heterocycles. The van der Waals surface area contributed by atoms with E-state index in [4.69, 9.17) is 4.42 Å². The Morgan fingerprint density at radius 1 is 1.22 bits per heavy atom. The summed E-state index contributed by atoms with van der Waals surface area (Å²) in [4.78, 5) is 11.6. The number of aryl methyl sites for hydroxylation is 1. The minimum atomic E-state index is -0.355. The molecular weight excluding hydrogens is 228 g/mol. The quantitative estimate of drug-likeness (QED) is 0.664. The number of furan rings is 1. The molecule has 0 aliphatic rings. The molecule has 0 atom stereocenters. The number of rotatable bonds is 3. The number of hydrazone groups is 1. The standard InChI is InChI=1S/C14H14N2O2/c1-10-5-7-12(8-6-10)11(2)15-16-14(17)13-4-3-9-18-13/h3-9H,1-2H3,(H,16,17)/b15-11+. The van der Waals surface area contributed by atoms with E-state index in [0.717, 1.165) is 11.3 Å². The van der Waals surface area contributed by atoms with Gasteiger partial charge in [-0.3, -0.25) is 4.79 Å². The van der Waals surface area contributed by atoms with Gasteiger partial charge >= 0.3 is 5.91 Å². The van der Waals surface area contributed by atoms with Gasteiger partial charge in [0.1, 0.15) is 0 Å². The van der Waals surface area contributed by atoms with Gasteiger partial charge in [0.25, 0.3) is 0 Å². The van der Waals surface area contributed by atoms with Crippen LogP contribution >= 0.6 is 0 Å². The van der Waals surface area contributed by atoms with Crippen molar-refractivity contribution in [2.24, 2.45) is 5.10 Å². The maximum absolute atomic E-state index is 11.6. The zero-order chi connectivity index (χ0) is 13.0. The lowest BCUT2D eigenvalue weighted by atomic mass is 10.1. The third kappa shape index (κ3) is 2.85. The number of nitrogens with one attached hydrogen (secondary N) is 1. The molecule has 2 rings (SSSR count). The molecule has 1 aromatic carbocycles. The highest BCUT2D eigenvalue weighted by Crippen LogP contribution is 2.04. The normalized spacial score (nSPS) is 11.3. The van der Waals surface area contributed by atoms with Crippen molar-refractivity contribution in [2.45, 2.75) is 13.8 Å². The minimum Gasteiger partial charge on any atom is -0.459 e. The van der Waals surface area contributed by atoms with Crippen LogP contribution in [0.15, 0.2) is 52.2 Å². The van der Waals surface area contributed by atoms with Crippen molar-refractivity contribution in [1.29, 1.82) is 0 Å². The van der Waals surface area contributed by atoms with Gasteiger partial charge in [-0.2, -0.15) is 5.10 Å². The molecule has 0 aliphatic carbocycles. The average molecular weight is 242 g/mol. The molecule has 0 spiro atoms. The van der Waals surface area contributed by atoms with E-state index in [2.05, 4.69) is 10.5 Å². The molecular formula is C14H14N2O2. The zero-order valence-electron chi connectivity index (χ0n) is 10.3. The Balaban J connectivity index is 2.05. The van der Waals surface area contributed by atoms with Crippen LogP contribution in [0.4, 0.5) is 0 Å². The number of carbonyl (C=O) groups is 1. The van der Waals surface area contributed by atoms with Crippen LogP contribution in [0, 0.1) is 6.92 Å². The highest BCUT2D eigenvalue weighted by molar-refractivity contribution is 6.00. The van der Waals surface area contributed by atoms with Crippen LogP contribution in [0.3, 0.4) is 0 Å². The SMILES string of the molecule is C/C(=N\NC(=O)c1ccco1)c1ccc(C)cc1. The Hall–Kier alpha value is -2.36. The van der Waals surface area contributed by atoms with E-state index >= 15 is 0 Å². The summed E-state index contributed by atoms with van der Waals surface area (Å²) in [7, 11) is 0. The highest BCUT2D eigenvalue weighted by atomic mass is 16.3. The number of hydrogen-bond acceptors (Lipinski definition) is 3. The molecule has 0 fully saturated rings. The molecule has 0 saturated heterocycles. The van der Waals surface area contributed by atoms with Crippen LogP contribution in [0.2, 0.25) is 0 Å². The molecule has 1 N–H and O–H groups in total. The van der Waals surface area contributed by atoms with Gasteiger partial charge in [0.05, 0.1) is 12.0 Å². The Kier molecular flexibility index (Phi) is 3.57. The summed E-state index contributed by atoms with van der Waals surface area (Å²) in [6, 6.07) is 11.2. The van der Waals surface area contributed by atoms with Crippen molar-refractivity contribution in [3.63, 3.8) is 0 Å². The maximum Gasteiger partial charge on any atom is 0.307 e. The lowest BCUT2D eigenvalue weighted by Crippen LogP contribution is -2.18. The first-order chi connectivity index (χ1) is 8.66. The van der Waals surface area contributed by atoms with Gasteiger partial charge in [-0.15, -0.1) is 0 Å². The molecule has 4 nitrogen and oxygen atoms in total. The van der Waals surface area contributed by atoms with Gasteiger partial charge < -0.3 is 4.42 Å². The van der Waals surface area contributed by atoms with E-state index in [0.29, 0.717) is 0 Å². The predicted octanol–water partition coefficient (Wildman–Crippen LogP) is 2.74. The third-order valence-corrected chi connectivity index (χ3v) is 2.54. The van der Waals surface area contributed by atoms with Gasteiger partial charge in [-0.25, -0.2) is 5.43 Å². The van der Waals surface area contributed by atoms with Crippen molar-refractivity contribution in [3.8, 4) is 0 Å². The highest BCUT2D eigenvalue weighted by Gasteiger charge is 2.06. The summed E-state index contributed by atoms with van der Waals surface area (Å²) < 4.78 is 4.97. The molecule has 1 amide bonds. The fourth-order valence-corrected chi connectivity index (χ4v) is 1.46. The number of amides is 1. The van der Waals surface area contributed by atoms with Gasteiger partial charge in [-0.05, 0) is 31.5 Å². The Bertz CT molecular complexity index is 554. The Morgan fingerprint density at radius 2 is 1.94 bits per heavy atom. The Morgan fingerprint density at radius 3 is 2.56 bits per heavy atom. The van der Waals surface area contributed by atoms with Crippen molar-refractivity contribution < 1.29 is 9.21 Å². The lowest BCUT2D eigenvalue weighted by Gasteiger charge is -2.02. The molecule has 92 valence electrons. The van der Waals surface area contributed by atoms with E-state index in [9.17, 15) is 4.79 Å². The van der Waals surface area contributed by atoms with Crippen LogP contribution in [0.5, 0.6) is 0 Å². The first-order valence-electron chi connectivity index (χ1n) is 5.62. The second-order valence-electron chi connectivity index (χ2n) is 3.98. The fourth-order valence-electron chi connectivity index (χ4n) is 1.46. The fraction of sp³-hybridized carbons (Fsp3) is 0.143. The number of nitrogens with zero attached hydrogens (tertiary/aromatic N) is 1. The third-order valence-electron chi connectivity index (χ3n) is 2.54. The van der Waals surface area contributed by atoms with Crippen LogP contribution in [0.25, 0.3) is 0 Å². The van der Waals surface area contributed by atoms with Gasteiger partial charge in [0.15, 0.2) is 5.76 Å². The number of carbonyl (C=O) groups excluding carboxylic acids is 1. The number of benzene rings is 1. The summed E-state index contributed by atoms with van der Waals surface area (Å²) in [6.45, 7) is 3.86.